The van der Waals surface area contributed by atoms with Gasteiger partial charge in [0.05, 0.1) is 0 Å². The molecule has 148 valence electrons. The van der Waals surface area contributed by atoms with Crippen LogP contribution in [0.1, 0.15) is 31.9 Å². The molecule has 0 unspecified atom stereocenters. The Bertz CT molecular complexity index is 1510. The van der Waals surface area contributed by atoms with Crippen LogP contribution in [0.3, 0.4) is 0 Å². The van der Waals surface area contributed by atoms with Gasteiger partial charge in [-0.15, -0.1) is 0 Å². The van der Waals surface area contributed by atoms with Gasteiger partial charge in [-0.05, 0) is 62.7 Å². The van der Waals surface area contributed by atoms with Crippen LogP contribution in [0.5, 0.6) is 0 Å². The number of hydrogen-bond donors (Lipinski definition) is 0. The van der Waals surface area contributed by atoms with Crippen LogP contribution >= 0.6 is 0 Å². The van der Waals surface area contributed by atoms with E-state index in [9.17, 15) is 0 Å². The molecule has 4 aromatic rings. The fraction of sp³-hybridized carbons (Fsp3) is 0.200. The van der Waals surface area contributed by atoms with Crippen LogP contribution in [-0.2, 0) is 7.05 Å². The summed E-state index contributed by atoms with van der Waals surface area (Å²) in [6.07, 6.45) is 3.26. The van der Waals surface area contributed by atoms with Crippen LogP contribution in [0.25, 0.3) is 27.8 Å². The zero-order valence-electron chi connectivity index (χ0n) is 23.1. The van der Waals surface area contributed by atoms with Crippen molar-refractivity contribution in [3.63, 3.8) is 0 Å². The van der Waals surface area contributed by atoms with Crippen molar-refractivity contribution in [2.45, 2.75) is 20.6 Å². The molecule has 5 heteroatoms. The highest BCUT2D eigenvalue weighted by Gasteiger charge is 2.41. The van der Waals surface area contributed by atoms with Crippen LogP contribution in [0.15, 0.2) is 65.3 Å². The van der Waals surface area contributed by atoms with Crippen molar-refractivity contribution in [2.75, 3.05) is 7.05 Å². The van der Waals surface area contributed by atoms with Gasteiger partial charge in [-0.1, -0.05) is 30.3 Å². The third kappa shape index (κ3) is 2.85. The van der Waals surface area contributed by atoms with E-state index in [1.165, 1.54) is 0 Å². The highest BCUT2D eigenvalue weighted by Crippen LogP contribution is 2.29. The van der Waals surface area contributed by atoms with Crippen molar-refractivity contribution < 1.29 is 17.2 Å². The van der Waals surface area contributed by atoms with Crippen molar-refractivity contribution in [1.29, 1.82) is 0 Å². The number of rotatable bonds is 2. The first kappa shape index (κ1) is 13.1. The van der Waals surface area contributed by atoms with Crippen molar-refractivity contribution in [2.24, 2.45) is 7.05 Å². The van der Waals surface area contributed by atoms with Gasteiger partial charge in [0.15, 0.2) is 11.8 Å². The third-order valence-corrected chi connectivity index (χ3v) is 5.66. The van der Waals surface area contributed by atoms with Crippen LogP contribution in [0, 0.1) is 13.8 Å². The smallest absolute Gasteiger partial charge is 0.443 e. The van der Waals surface area contributed by atoms with E-state index in [1.54, 1.807) is 35.9 Å². The number of fused-ring (bicyclic) bond motifs is 3. The Hall–Kier alpha value is -3.34. The van der Waals surface area contributed by atoms with Crippen molar-refractivity contribution in [3.8, 4) is 11.1 Å². The van der Waals surface area contributed by atoms with Crippen molar-refractivity contribution in [3.05, 3.63) is 77.7 Å². The summed E-state index contributed by atoms with van der Waals surface area (Å²) in [5.41, 5.74) is 4.67. The fourth-order valence-electron chi connectivity index (χ4n) is 4.22. The molecule has 0 aliphatic carbocycles. The highest BCUT2D eigenvalue weighted by atomic mass is 16.3. The van der Waals surface area contributed by atoms with E-state index < -0.39 is 20.6 Å². The van der Waals surface area contributed by atoms with E-state index in [-0.39, 0.29) is 11.1 Å². The van der Waals surface area contributed by atoms with E-state index in [4.69, 9.17) is 12.6 Å². The maximum atomic E-state index is 8.17. The minimum atomic E-state index is -2.36. The second-order valence-corrected chi connectivity index (χ2v) is 7.76. The Labute approximate surface area is 186 Å². The summed E-state index contributed by atoms with van der Waals surface area (Å²) in [5, 5.41) is 0.640. The molecule has 0 N–H and O–H groups in total. The standard InChI is InChI=1S/C25H25BN3O/c1-16-14-28(4)22(13-21(16)19-9-7-6-8-10-19)26-24-23(17(2)15-29(26)5)20-12-11-18(3)27-25(20)30-24/h6-15H,1-5H3/q+1/i1D3,2D3. The zero-order valence-corrected chi connectivity index (χ0v) is 17.1. The summed E-state index contributed by atoms with van der Waals surface area (Å²) >= 11 is 0. The van der Waals surface area contributed by atoms with Gasteiger partial charge >= 0.3 is 6.85 Å². The molecule has 1 aliphatic rings. The molecular weight excluding hydrogens is 369 g/mol. The number of hydrogen-bond acceptors (Lipinski definition) is 3. The van der Waals surface area contributed by atoms with Gasteiger partial charge in [0.2, 0.25) is 5.71 Å². The molecule has 0 atom stereocenters. The molecule has 0 amide bonds. The Kier molecular flexibility index (Phi) is 2.99. The Morgan fingerprint density at radius 1 is 1.13 bits per heavy atom. The van der Waals surface area contributed by atoms with Gasteiger partial charge in [-0.2, -0.15) is 0 Å². The van der Waals surface area contributed by atoms with Crippen LogP contribution in [0.4, 0.5) is 0 Å². The maximum Gasteiger partial charge on any atom is 0.443 e. The van der Waals surface area contributed by atoms with E-state index in [2.05, 4.69) is 4.98 Å². The van der Waals surface area contributed by atoms with Crippen LogP contribution < -0.4 is 15.8 Å². The van der Waals surface area contributed by atoms with Crippen molar-refractivity contribution in [1.82, 2.24) is 9.79 Å². The number of aryl methyl sites for hydroxylation is 3. The highest BCUT2D eigenvalue weighted by molar-refractivity contribution is 6.82. The predicted molar refractivity (Wildman–Crippen MR) is 123 cm³/mol. The number of furan rings is 1. The molecule has 0 saturated carbocycles. The summed E-state index contributed by atoms with van der Waals surface area (Å²) in [4.78, 5) is 6.31. The van der Waals surface area contributed by atoms with Crippen LogP contribution in [-0.4, -0.2) is 23.7 Å². The van der Waals surface area contributed by atoms with Gasteiger partial charge in [-0.25, -0.2) is 9.55 Å². The first-order valence-corrected chi connectivity index (χ1v) is 9.80. The summed E-state index contributed by atoms with van der Waals surface area (Å²) in [6.45, 7) is -3.33. The summed E-state index contributed by atoms with van der Waals surface area (Å²) < 4.78 is 56.9. The molecule has 4 heterocycles. The van der Waals surface area contributed by atoms with Gasteiger partial charge in [0, 0.05) is 36.5 Å². The summed E-state index contributed by atoms with van der Waals surface area (Å²) in [5.74, 6) is 0. The Balaban J connectivity index is 1.80. The predicted octanol–water partition coefficient (Wildman–Crippen LogP) is 3.35. The molecule has 0 spiro atoms. The molecule has 3 aromatic heterocycles. The normalized spacial score (nSPS) is 17.4. The minimum absolute atomic E-state index is 0.186. The Morgan fingerprint density at radius 2 is 1.97 bits per heavy atom. The number of pyridine rings is 2. The lowest BCUT2D eigenvalue weighted by atomic mass is 9.51. The molecular formula is C25H25BN3O+. The SMILES string of the molecule is [2H]C([2H])([2H])C1=CN(C)B(c2cc(-c3ccccc3)c(C([2H])([2H])[2H])c[n+]2C)c2oc3nc(C)ccc3c21. The summed E-state index contributed by atoms with van der Waals surface area (Å²) in [6, 6.07) is 14.9. The molecule has 0 radical (unpaired) electrons. The molecule has 4 nitrogen and oxygen atoms in total. The van der Waals surface area contributed by atoms with E-state index >= 15 is 0 Å². The summed E-state index contributed by atoms with van der Waals surface area (Å²) in [7, 11) is 3.59. The molecule has 30 heavy (non-hydrogen) atoms. The lowest BCUT2D eigenvalue weighted by Crippen LogP contribution is -2.65. The van der Waals surface area contributed by atoms with Crippen molar-refractivity contribution >= 4 is 34.8 Å². The molecule has 0 fully saturated rings. The third-order valence-electron chi connectivity index (χ3n) is 5.66. The average Bonchev–Trinajstić information content (AvgIpc) is 3.16. The first-order valence-electron chi connectivity index (χ1n) is 12.8. The number of allylic oxidation sites excluding steroid dienone is 1. The van der Waals surface area contributed by atoms with Gasteiger partial charge in [-0.3, -0.25) is 0 Å². The molecule has 1 aliphatic heterocycles. The number of benzene rings is 1. The topological polar surface area (TPSA) is 33.2 Å². The second-order valence-electron chi connectivity index (χ2n) is 7.76. The minimum Gasteiger partial charge on any atom is -0.449 e. The lowest BCUT2D eigenvalue weighted by molar-refractivity contribution is -0.654. The van der Waals surface area contributed by atoms with Crippen LogP contribution in [0.2, 0.25) is 0 Å². The number of nitrogens with zero attached hydrogens (tertiary/aromatic N) is 3. The quantitative estimate of drug-likeness (QED) is 0.382. The van der Waals surface area contributed by atoms with E-state index in [0.717, 1.165) is 16.9 Å². The van der Waals surface area contributed by atoms with E-state index in [1.807, 2.05) is 55.5 Å². The lowest BCUT2D eigenvalue weighted by Gasteiger charge is -2.26. The zero-order chi connectivity index (χ0) is 26.0. The molecule has 1 aromatic carbocycles. The monoisotopic (exact) mass is 400 g/mol. The van der Waals surface area contributed by atoms with Gasteiger partial charge < -0.3 is 9.23 Å². The molecule has 0 saturated heterocycles. The fourth-order valence-corrected chi connectivity index (χ4v) is 4.22. The average molecular weight is 400 g/mol. The molecule has 0 bridgehead atoms. The number of aromatic nitrogens is 2. The largest absolute Gasteiger partial charge is 0.449 e. The van der Waals surface area contributed by atoms with Gasteiger partial charge in [0.1, 0.15) is 12.7 Å². The maximum absolute atomic E-state index is 8.17. The Morgan fingerprint density at radius 3 is 2.73 bits per heavy atom. The first-order chi connectivity index (χ1) is 16.9. The van der Waals surface area contributed by atoms with E-state index in [0.29, 0.717) is 27.9 Å². The molecule has 5 rings (SSSR count). The van der Waals surface area contributed by atoms with Gasteiger partial charge in [0.25, 0.3) is 0 Å². The second kappa shape index (κ2) is 6.87.